The summed E-state index contributed by atoms with van der Waals surface area (Å²) < 4.78 is 2.31. The van der Waals surface area contributed by atoms with Crippen LogP contribution in [0.25, 0.3) is 0 Å². The van der Waals surface area contributed by atoms with E-state index in [1.54, 1.807) is 0 Å². The van der Waals surface area contributed by atoms with Gasteiger partial charge < -0.3 is 5.11 Å². The third-order valence-corrected chi connectivity index (χ3v) is 4.09. The maximum Gasteiger partial charge on any atom is 0.0702 e. The van der Waals surface area contributed by atoms with Crippen LogP contribution in [0.2, 0.25) is 0 Å². The van der Waals surface area contributed by atoms with E-state index in [1.807, 2.05) is 0 Å². The van der Waals surface area contributed by atoms with E-state index >= 15 is 0 Å². The van der Waals surface area contributed by atoms with Gasteiger partial charge in [-0.2, -0.15) is 0 Å². The molecule has 0 saturated carbocycles. The molecular weight excluding hydrogens is 402 g/mol. The van der Waals surface area contributed by atoms with Crippen LogP contribution in [-0.2, 0) is 12.0 Å². The van der Waals surface area contributed by atoms with E-state index in [2.05, 4.69) is 78.1 Å². The lowest BCUT2D eigenvalue weighted by Crippen LogP contribution is -2.12. The summed E-state index contributed by atoms with van der Waals surface area (Å²) in [6, 6.07) is 4.32. The first kappa shape index (κ1) is 12.7. The smallest absolute Gasteiger partial charge is 0.0702 e. The molecule has 0 radical (unpaired) electrons. The second kappa shape index (κ2) is 4.65. The van der Waals surface area contributed by atoms with E-state index in [4.69, 9.17) is 0 Å². The van der Waals surface area contributed by atoms with Crippen molar-refractivity contribution in [2.75, 3.05) is 0 Å². The number of hydrogen-bond donors (Lipinski definition) is 1. The SMILES string of the molecule is CC(C)(C)c1cc(I)c(CO)c(I)c1. The lowest BCUT2D eigenvalue weighted by Gasteiger charge is -2.21. The predicted molar refractivity (Wildman–Crippen MR) is 76.5 cm³/mol. The highest BCUT2D eigenvalue weighted by Gasteiger charge is 2.16. The van der Waals surface area contributed by atoms with Gasteiger partial charge in [-0.1, -0.05) is 20.8 Å². The molecule has 1 aromatic carbocycles. The minimum atomic E-state index is 0.126. The average molecular weight is 416 g/mol. The second-order valence-electron chi connectivity index (χ2n) is 4.33. The Morgan fingerprint density at radius 1 is 1.14 bits per heavy atom. The zero-order chi connectivity index (χ0) is 10.9. The Bertz CT molecular complexity index is 317. The normalized spacial score (nSPS) is 11.9. The Balaban J connectivity index is 3.28. The minimum Gasteiger partial charge on any atom is -0.392 e. The predicted octanol–water partition coefficient (Wildman–Crippen LogP) is 3.69. The Morgan fingerprint density at radius 2 is 1.57 bits per heavy atom. The number of benzene rings is 1. The van der Waals surface area contributed by atoms with Gasteiger partial charge >= 0.3 is 0 Å². The molecule has 0 unspecified atom stereocenters. The van der Waals surface area contributed by atoms with E-state index < -0.39 is 0 Å². The van der Waals surface area contributed by atoms with Crippen LogP contribution in [-0.4, -0.2) is 5.11 Å². The van der Waals surface area contributed by atoms with Crippen molar-refractivity contribution >= 4 is 45.2 Å². The monoisotopic (exact) mass is 416 g/mol. The van der Waals surface area contributed by atoms with Crippen molar-refractivity contribution in [2.24, 2.45) is 0 Å². The average Bonchev–Trinajstić information content (AvgIpc) is 2.01. The summed E-state index contributed by atoms with van der Waals surface area (Å²) in [7, 11) is 0. The summed E-state index contributed by atoms with van der Waals surface area (Å²) in [5.41, 5.74) is 2.54. The molecule has 0 spiro atoms. The lowest BCUT2D eigenvalue weighted by atomic mass is 9.87. The Morgan fingerprint density at radius 3 is 1.86 bits per heavy atom. The van der Waals surface area contributed by atoms with E-state index in [0.29, 0.717) is 0 Å². The van der Waals surface area contributed by atoms with Gasteiger partial charge in [0.1, 0.15) is 0 Å². The van der Waals surface area contributed by atoms with E-state index in [9.17, 15) is 5.11 Å². The number of rotatable bonds is 1. The molecule has 0 fully saturated rings. The van der Waals surface area contributed by atoms with Crippen LogP contribution in [0.1, 0.15) is 31.9 Å². The quantitative estimate of drug-likeness (QED) is 0.693. The Hall–Kier alpha value is 0.640. The van der Waals surface area contributed by atoms with Gasteiger partial charge in [0.25, 0.3) is 0 Å². The van der Waals surface area contributed by atoms with Gasteiger partial charge in [0.05, 0.1) is 6.61 Å². The molecule has 14 heavy (non-hydrogen) atoms. The largest absolute Gasteiger partial charge is 0.392 e. The van der Waals surface area contributed by atoms with E-state index in [-0.39, 0.29) is 12.0 Å². The molecule has 78 valence electrons. The maximum absolute atomic E-state index is 9.18. The summed E-state index contributed by atoms with van der Waals surface area (Å²) in [5.74, 6) is 0. The first-order valence-corrected chi connectivity index (χ1v) is 6.61. The van der Waals surface area contributed by atoms with Crippen molar-refractivity contribution in [1.82, 2.24) is 0 Å². The fraction of sp³-hybridized carbons (Fsp3) is 0.455. The number of halogens is 2. The third kappa shape index (κ3) is 2.82. The van der Waals surface area contributed by atoms with Gasteiger partial charge in [0.2, 0.25) is 0 Å². The molecule has 0 saturated heterocycles. The second-order valence-corrected chi connectivity index (χ2v) is 6.65. The van der Waals surface area contributed by atoms with Crippen LogP contribution in [0.5, 0.6) is 0 Å². The molecule has 0 aliphatic heterocycles. The van der Waals surface area contributed by atoms with Crippen molar-refractivity contribution < 1.29 is 5.11 Å². The van der Waals surface area contributed by atoms with Gasteiger partial charge in [-0.05, 0) is 68.3 Å². The van der Waals surface area contributed by atoms with Crippen molar-refractivity contribution in [3.63, 3.8) is 0 Å². The van der Waals surface area contributed by atoms with Gasteiger partial charge in [0, 0.05) is 12.7 Å². The number of aliphatic hydroxyl groups excluding tert-OH is 1. The summed E-state index contributed by atoms with van der Waals surface area (Å²) in [6.07, 6.45) is 0. The molecule has 0 aliphatic rings. The number of aliphatic hydroxyl groups is 1. The topological polar surface area (TPSA) is 20.2 Å². The lowest BCUT2D eigenvalue weighted by molar-refractivity contribution is 0.280. The third-order valence-electron chi connectivity index (χ3n) is 2.17. The molecule has 0 aromatic heterocycles. The molecule has 1 rings (SSSR count). The Labute approximate surface area is 113 Å². The summed E-state index contributed by atoms with van der Waals surface area (Å²) in [5, 5.41) is 9.18. The van der Waals surface area contributed by atoms with E-state index in [1.165, 1.54) is 5.56 Å². The molecule has 0 aliphatic carbocycles. The fourth-order valence-electron chi connectivity index (χ4n) is 1.19. The zero-order valence-electron chi connectivity index (χ0n) is 8.56. The fourth-order valence-corrected chi connectivity index (χ4v) is 3.30. The van der Waals surface area contributed by atoms with Gasteiger partial charge in [-0.3, -0.25) is 0 Å². The highest BCUT2D eigenvalue weighted by atomic mass is 127. The van der Waals surface area contributed by atoms with Crippen LogP contribution in [0, 0.1) is 7.14 Å². The summed E-state index contributed by atoms with van der Waals surface area (Å²) in [4.78, 5) is 0. The molecule has 1 N–H and O–H groups in total. The van der Waals surface area contributed by atoms with Gasteiger partial charge in [-0.15, -0.1) is 0 Å². The minimum absolute atomic E-state index is 0.126. The molecule has 0 amide bonds. The van der Waals surface area contributed by atoms with Crippen molar-refractivity contribution in [3.8, 4) is 0 Å². The molecule has 3 heteroatoms. The van der Waals surface area contributed by atoms with Crippen molar-refractivity contribution in [3.05, 3.63) is 30.4 Å². The maximum atomic E-state index is 9.18. The summed E-state index contributed by atoms with van der Waals surface area (Å²) in [6.45, 7) is 6.73. The van der Waals surface area contributed by atoms with Crippen LogP contribution < -0.4 is 0 Å². The first-order chi connectivity index (χ1) is 6.36. The van der Waals surface area contributed by atoms with Crippen LogP contribution in [0.3, 0.4) is 0 Å². The van der Waals surface area contributed by atoms with Gasteiger partial charge in [0.15, 0.2) is 0 Å². The van der Waals surface area contributed by atoms with Gasteiger partial charge in [-0.25, -0.2) is 0 Å². The summed E-state index contributed by atoms with van der Waals surface area (Å²) >= 11 is 4.57. The molecule has 0 atom stereocenters. The van der Waals surface area contributed by atoms with Crippen LogP contribution in [0.4, 0.5) is 0 Å². The van der Waals surface area contributed by atoms with Crippen molar-refractivity contribution in [1.29, 1.82) is 0 Å². The molecular formula is C11H14I2O. The van der Waals surface area contributed by atoms with Crippen LogP contribution in [0.15, 0.2) is 12.1 Å². The van der Waals surface area contributed by atoms with Crippen molar-refractivity contribution in [2.45, 2.75) is 32.8 Å². The molecule has 1 nitrogen and oxygen atoms in total. The standard InChI is InChI=1S/C11H14I2O/c1-11(2,3)7-4-9(12)8(6-14)10(13)5-7/h4-5,14H,6H2,1-3H3. The first-order valence-electron chi connectivity index (χ1n) is 4.45. The zero-order valence-corrected chi connectivity index (χ0v) is 12.9. The molecule has 0 heterocycles. The number of hydrogen-bond acceptors (Lipinski definition) is 1. The molecule has 1 aromatic rings. The Kier molecular flexibility index (Phi) is 4.22. The highest BCUT2D eigenvalue weighted by molar-refractivity contribution is 14.1. The van der Waals surface area contributed by atoms with E-state index in [0.717, 1.165) is 12.7 Å². The highest BCUT2D eigenvalue weighted by Crippen LogP contribution is 2.28. The molecule has 0 bridgehead atoms. The van der Waals surface area contributed by atoms with Crippen LogP contribution >= 0.6 is 45.2 Å².